The predicted molar refractivity (Wildman–Crippen MR) is 113 cm³/mol. The Hall–Kier alpha value is -3.81. The standard InChI is InChI=1S/C21H21N5O3/c1-26-16-10-14(27-2)8-9-15(16)18-19(26)21(23-12-22-18)25-24-11-13-6-5-7-17(28-3)20(13)29-4/h5-12H,1-4H3,(H,22,23,25). The van der Waals surface area contributed by atoms with Gasteiger partial charge in [0.1, 0.15) is 23.1 Å². The Morgan fingerprint density at radius 2 is 1.90 bits per heavy atom. The van der Waals surface area contributed by atoms with Gasteiger partial charge in [-0.3, -0.25) is 5.43 Å². The fourth-order valence-electron chi connectivity index (χ4n) is 3.39. The molecule has 2 aromatic carbocycles. The largest absolute Gasteiger partial charge is 0.497 e. The molecule has 2 heterocycles. The molecule has 0 saturated heterocycles. The number of aromatic nitrogens is 3. The third-order valence-electron chi connectivity index (χ3n) is 4.79. The molecular weight excluding hydrogens is 370 g/mol. The van der Waals surface area contributed by atoms with Crippen LogP contribution in [-0.2, 0) is 7.05 Å². The molecule has 4 rings (SSSR count). The zero-order valence-electron chi connectivity index (χ0n) is 16.6. The second kappa shape index (κ2) is 7.67. The maximum absolute atomic E-state index is 5.44. The van der Waals surface area contributed by atoms with Crippen molar-refractivity contribution in [2.75, 3.05) is 26.8 Å². The van der Waals surface area contributed by atoms with E-state index in [4.69, 9.17) is 14.2 Å². The van der Waals surface area contributed by atoms with E-state index in [1.54, 1.807) is 27.5 Å². The zero-order valence-corrected chi connectivity index (χ0v) is 16.6. The van der Waals surface area contributed by atoms with Crippen LogP contribution in [0.5, 0.6) is 17.2 Å². The molecule has 0 aliphatic rings. The van der Waals surface area contributed by atoms with Gasteiger partial charge in [0.05, 0.1) is 33.1 Å². The minimum atomic E-state index is 0.603. The SMILES string of the molecule is COc1ccc2c3ncnc(NN=Cc4cccc(OC)c4OC)c3n(C)c2c1. The van der Waals surface area contributed by atoms with Crippen molar-refractivity contribution in [1.29, 1.82) is 0 Å². The van der Waals surface area contributed by atoms with Crippen LogP contribution < -0.4 is 19.6 Å². The van der Waals surface area contributed by atoms with Crippen molar-refractivity contribution >= 4 is 34.0 Å². The summed E-state index contributed by atoms with van der Waals surface area (Å²) in [5.74, 6) is 2.65. The molecular formula is C21H21N5O3. The number of rotatable bonds is 6. The number of hydrogen-bond acceptors (Lipinski definition) is 7. The Kier molecular flexibility index (Phi) is 4.90. The first kappa shape index (κ1) is 18.5. The molecule has 29 heavy (non-hydrogen) atoms. The minimum Gasteiger partial charge on any atom is -0.497 e. The molecule has 0 aliphatic carbocycles. The third-order valence-corrected chi connectivity index (χ3v) is 4.79. The molecule has 8 nitrogen and oxygen atoms in total. The number of hydrazone groups is 1. The average Bonchev–Trinajstić information content (AvgIpc) is 3.05. The van der Waals surface area contributed by atoms with Crippen molar-refractivity contribution in [3.8, 4) is 17.2 Å². The molecule has 4 aromatic rings. The van der Waals surface area contributed by atoms with Crippen LogP contribution in [0.3, 0.4) is 0 Å². The van der Waals surface area contributed by atoms with E-state index in [1.165, 1.54) is 6.33 Å². The molecule has 2 aromatic heterocycles. The van der Waals surface area contributed by atoms with Crippen LogP contribution in [-0.4, -0.2) is 42.1 Å². The van der Waals surface area contributed by atoms with E-state index in [9.17, 15) is 0 Å². The van der Waals surface area contributed by atoms with E-state index >= 15 is 0 Å². The van der Waals surface area contributed by atoms with E-state index in [-0.39, 0.29) is 0 Å². The Balaban J connectivity index is 1.73. The van der Waals surface area contributed by atoms with Gasteiger partial charge in [0.2, 0.25) is 0 Å². The first-order chi connectivity index (χ1) is 14.2. The van der Waals surface area contributed by atoms with Crippen molar-refractivity contribution in [2.45, 2.75) is 0 Å². The van der Waals surface area contributed by atoms with Gasteiger partial charge in [-0.2, -0.15) is 5.10 Å². The molecule has 0 amide bonds. The fraction of sp³-hybridized carbons (Fsp3) is 0.190. The lowest BCUT2D eigenvalue weighted by Crippen LogP contribution is -2.00. The van der Waals surface area contributed by atoms with Crippen LogP contribution in [0.2, 0.25) is 0 Å². The summed E-state index contributed by atoms with van der Waals surface area (Å²) in [4.78, 5) is 8.83. The summed E-state index contributed by atoms with van der Waals surface area (Å²) in [5.41, 5.74) is 6.51. The molecule has 1 N–H and O–H groups in total. The van der Waals surface area contributed by atoms with Gasteiger partial charge in [-0.05, 0) is 24.3 Å². The normalized spacial score (nSPS) is 11.3. The lowest BCUT2D eigenvalue weighted by molar-refractivity contribution is 0.354. The van der Waals surface area contributed by atoms with E-state index in [2.05, 4.69) is 20.5 Å². The number of benzene rings is 2. The average molecular weight is 391 g/mol. The molecule has 0 bridgehead atoms. The molecule has 148 valence electrons. The van der Waals surface area contributed by atoms with Crippen LogP contribution in [0, 0.1) is 0 Å². The number of hydrogen-bond donors (Lipinski definition) is 1. The van der Waals surface area contributed by atoms with Gasteiger partial charge in [0.15, 0.2) is 17.3 Å². The van der Waals surface area contributed by atoms with Crippen LogP contribution >= 0.6 is 0 Å². The molecule has 0 spiro atoms. The number of anilines is 1. The third kappa shape index (κ3) is 3.18. The van der Waals surface area contributed by atoms with Gasteiger partial charge in [0, 0.05) is 24.1 Å². The maximum Gasteiger partial charge on any atom is 0.174 e. The smallest absolute Gasteiger partial charge is 0.174 e. The highest BCUT2D eigenvalue weighted by Crippen LogP contribution is 2.32. The van der Waals surface area contributed by atoms with Gasteiger partial charge in [-0.25, -0.2) is 9.97 Å². The number of nitrogens with one attached hydrogen (secondary N) is 1. The van der Waals surface area contributed by atoms with Crippen LogP contribution in [0.15, 0.2) is 47.8 Å². The van der Waals surface area contributed by atoms with Crippen molar-refractivity contribution in [3.05, 3.63) is 48.3 Å². The van der Waals surface area contributed by atoms with E-state index < -0.39 is 0 Å². The Morgan fingerprint density at radius 3 is 2.66 bits per heavy atom. The molecule has 0 aliphatic heterocycles. The fourth-order valence-corrected chi connectivity index (χ4v) is 3.39. The quantitative estimate of drug-likeness (QED) is 0.399. The topological polar surface area (TPSA) is 82.8 Å². The number of nitrogens with zero attached hydrogens (tertiary/aromatic N) is 4. The number of aryl methyl sites for hydroxylation is 1. The number of methoxy groups -OCH3 is 3. The summed E-state index contributed by atoms with van der Waals surface area (Å²) in [7, 11) is 6.82. The Morgan fingerprint density at radius 1 is 1.03 bits per heavy atom. The molecule has 0 atom stereocenters. The Labute approximate surface area is 167 Å². The summed E-state index contributed by atoms with van der Waals surface area (Å²) >= 11 is 0. The molecule has 0 radical (unpaired) electrons. The van der Waals surface area contributed by atoms with Crippen LogP contribution in [0.4, 0.5) is 5.82 Å². The lowest BCUT2D eigenvalue weighted by atomic mass is 10.2. The lowest BCUT2D eigenvalue weighted by Gasteiger charge is -2.09. The first-order valence-electron chi connectivity index (χ1n) is 8.95. The highest BCUT2D eigenvalue weighted by molar-refractivity contribution is 6.09. The number of fused-ring (bicyclic) bond motifs is 3. The molecule has 8 heteroatoms. The summed E-state index contributed by atoms with van der Waals surface area (Å²) < 4.78 is 18.1. The van der Waals surface area contributed by atoms with Gasteiger partial charge < -0.3 is 18.8 Å². The molecule has 0 unspecified atom stereocenters. The second-order valence-electron chi connectivity index (χ2n) is 6.31. The highest BCUT2D eigenvalue weighted by Gasteiger charge is 2.14. The van der Waals surface area contributed by atoms with E-state index in [1.807, 2.05) is 48.0 Å². The highest BCUT2D eigenvalue weighted by atomic mass is 16.5. The van der Waals surface area contributed by atoms with Crippen molar-refractivity contribution in [3.63, 3.8) is 0 Å². The van der Waals surface area contributed by atoms with Crippen molar-refractivity contribution < 1.29 is 14.2 Å². The molecule has 0 saturated carbocycles. The second-order valence-corrected chi connectivity index (χ2v) is 6.31. The van der Waals surface area contributed by atoms with E-state index in [0.717, 1.165) is 33.2 Å². The first-order valence-corrected chi connectivity index (χ1v) is 8.95. The number of para-hydroxylation sites is 1. The van der Waals surface area contributed by atoms with E-state index in [0.29, 0.717) is 17.3 Å². The van der Waals surface area contributed by atoms with Crippen LogP contribution in [0.25, 0.3) is 21.9 Å². The number of ether oxygens (including phenoxy) is 3. The monoisotopic (exact) mass is 391 g/mol. The summed E-state index contributed by atoms with van der Waals surface area (Å²) in [6.45, 7) is 0. The Bertz CT molecular complexity index is 1220. The minimum absolute atomic E-state index is 0.603. The van der Waals surface area contributed by atoms with Gasteiger partial charge in [-0.1, -0.05) is 6.07 Å². The van der Waals surface area contributed by atoms with Crippen LogP contribution in [0.1, 0.15) is 5.56 Å². The van der Waals surface area contributed by atoms with Gasteiger partial charge >= 0.3 is 0 Å². The summed E-state index contributed by atoms with van der Waals surface area (Å²) in [5, 5.41) is 5.37. The van der Waals surface area contributed by atoms with Gasteiger partial charge in [0.25, 0.3) is 0 Å². The van der Waals surface area contributed by atoms with Gasteiger partial charge in [-0.15, -0.1) is 0 Å². The maximum atomic E-state index is 5.44. The van der Waals surface area contributed by atoms with Crippen molar-refractivity contribution in [1.82, 2.24) is 14.5 Å². The van der Waals surface area contributed by atoms with Crippen molar-refractivity contribution in [2.24, 2.45) is 12.1 Å². The summed E-state index contributed by atoms with van der Waals surface area (Å²) in [6.07, 6.45) is 3.19. The zero-order chi connectivity index (χ0) is 20.4. The summed E-state index contributed by atoms with van der Waals surface area (Å²) in [6, 6.07) is 11.5. The predicted octanol–water partition coefficient (Wildman–Crippen LogP) is 3.59. The molecule has 0 fully saturated rings.